The van der Waals surface area contributed by atoms with Crippen molar-refractivity contribution in [3.05, 3.63) is 72.1 Å². The van der Waals surface area contributed by atoms with Crippen LogP contribution in [0.15, 0.2) is 60.8 Å². The quantitative estimate of drug-likeness (QED) is 0.596. The number of anilines is 1. The average Bonchev–Trinajstić information content (AvgIpc) is 3.17. The lowest BCUT2D eigenvalue weighted by Crippen LogP contribution is -2.22. The zero-order valence-corrected chi connectivity index (χ0v) is 16.4. The lowest BCUT2D eigenvalue weighted by Gasteiger charge is -2.07. The minimum absolute atomic E-state index is 0.106. The van der Waals surface area contributed by atoms with Gasteiger partial charge in [0.05, 0.1) is 12.2 Å². The van der Waals surface area contributed by atoms with Gasteiger partial charge in [-0.3, -0.25) is 4.79 Å². The molecule has 0 spiro atoms. The number of hydrogen-bond donors (Lipinski definition) is 1. The number of pyridine rings is 1. The molecule has 7 nitrogen and oxygen atoms in total. The van der Waals surface area contributed by atoms with E-state index in [9.17, 15) is 14.4 Å². The van der Waals surface area contributed by atoms with Gasteiger partial charge in [-0.05, 0) is 30.7 Å². The maximum Gasteiger partial charge on any atom is 0.357 e. The van der Waals surface area contributed by atoms with Gasteiger partial charge in [-0.1, -0.05) is 36.4 Å². The molecule has 148 valence electrons. The Bertz CT molecular complexity index is 1000. The van der Waals surface area contributed by atoms with E-state index in [2.05, 4.69) is 10.3 Å². The summed E-state index contributed by atoms with van der Waals surface area (Å²) in [5, 5.41) is 2.96. The molecule has 0 fully saturated rings. The van der Waals surface area contributed by atoms with Crippen molar-refractivity contribution in [3.8, 4) is 10.4 Å². The molecule has 0 saturated heterocycles. The van der Waals surface area contributed by atoms with E-state index < -0.39 is 24.5 Å². The Hall–Kier alpha value is -3.52. The molecule has 0 radical (unpaired) electrons. The molecule has 1 N–H and O–H groups in total. The summed E-state index contributed by atoms with van der Waals surface area (Å²) in [6.45, 7) is 1.42. The molecule has 0 atom stereocenters. The van der Waals surface area contributed by atoms with E-state index in [-0.39, 0.29) is 17.9 Å². The zero-order chi connectivity index (χ0) is 20.6. The van der Waals surface area contributed by atoms with E-state index >= 15 is 0 Å². The molecule has 3 aromatic rings. The van der Waals surface area contributed by atoms with Crippen LogP contribution in [0.1, 0.15) is 27.8 Å². The summed E-state index contributed by atoms with van der Waals surface area (Å²) in [6.07, 6.45) is 1.46. The predicted molar refractivity (Wildman–Crippen MR) is 109 cm³/mol. The number of carbonyl (C=O) groups excluding carboxylic acids is 3. The number of thiophene rings is 1. The second-order valence-electron chi connectivity index (χ2n) is 5.78. The Kier molecular flexibility index (Phi) is 6.70. The van der Waals surface area contributed by atoms with Crippen molar-refractivity contribution in [2.24, 2.45) is 0 Å². The van der Waals surface area contributed by atoms with Crippen LogP contribution in [0.4, 0.5) is 5.00 Å². The van der Waals surface area contributed by atoms with Crippen molar-refractivity contribution >= 4 is 34.2 Å². The third kappa shape index (κ3) is 5.26. The number of benzene rings is 1. The fourth-order valence-electron chi connectivity index (χ4n) is 2.44. The molecular formula is C21H18N2O5S. The van der Waals surface area contributed by atoms with Crippen LogP contribution < -0.4 is 5.32 Å². The van der Waals surface area contributed by atoms with Crippen molar-refractivity contribution in [2.75, 3.05) is 18.5 Å². The highest BCUT2D eigenvalue weighted by molar-refractivity contribution is 7.20. The Morgan fingerprint density at radius 1 is 1.00 bits per heavy atom. The van der Waals surface area contributed by atoms with Crippen molar-refractivity contribution in [2.45, 2.75) is 6.92 Å². The number of aromatic nitrogens is 1. The summed E-state index contributed by atoms with van der Waals surface area (Å²) < 4.78 is 10.1. The van der Waals surface area contributed by atoms with Gasteiger partial charge in [-0.15, -0.1) is 11.3 Å². The number of amides is 1. The SMILES string of the molecule is CCOC(=O)c1cc(-c2ccccc2)sc1NC(=O)COC(=O)c1ccccn1. The fourth-order valence-corrected chi connectivity index (χ4v) is 3.51. The fraction of sp³-hybridized carbons (Fsp3) is 0.143. The summed E-state index contributed by atoms with van der Waals surface area (Å²) >= 11 is 1.24. The van der Waals surface area contributed by atoms with Gasteiger partial charge in [-0.2, -0.15) is 0 Å². The Labute approximate surface area is 171 Å². The molecule has 0 saturated carbocycles. The first-order valence-electron chi connectivity index (χ1n) is 8.83. The first-order chi connectivity index (χ1) is 14.1. The standard InChI is InChI=1S/C21H18N2O5S/c1-2-27-20(25)15-12-17(14-8-4-3-5-9-14)29-19(15)23-18(24)13-28-21(26)16-10-6-7-11-22-16/h3-12H,2,13H2,1H3,(H,23,24). The van der Waals surface area contributed by atoms with Crippen molar-refractivity contribution < 1.29 is 23.9 Å². The molecule has 2 aromatic heterocycles. The Balaban J connectivity index is 1.73. The minimum Gasteiger partial charge on any atom is -0.462 e. The molecule has 1 aromatic carbocycles. The molecule has 1 amide bonds. The van der Waals surface area contributed by atoms with Crippen LogP contribution in [0.2, 0.25) is 0 Å². The first-order valence-corrected chi connectivity index (χ1v) is 9.64. The topological polar surface area (TPSA) is 94.6 Å². The van der Waals surface area contributed by atoms with Crippen LogP contribution in [0.5, 0.6) is 0 Å². The van der Waals surface area contributed by atoms with Crippen LogP contribution in [-0.2, 0) is 14.3 Å². The smallest absolute Gasteiger partial charge is 0.357 e. The van der Waals surface area contributed by atoms with E-state index in [4.69, 9.17) is 9.47 Å². The zero-order valence-electron chi connectivity index (χ0n) is 15.6. The minimum atomic E-state index is -0.706. The second-order valence-corrected chi connectivity index (χ2v) is 6.83. The Morgan fingerprint density at radius 3 is 2.45 bits per heavy atom. The third-order valence-electron chi connectivity index (χ3n) is 3.75. The molecule has 0 aliphatic rings. The second kappa shape index (κ2) is 9.61. The molecule has 8 heteroatoms. The summed E-state index contributed by atoms with van der Waals surface area (Å²) in [5.41, 5.74) is 1.26. The van der Waals surface area contributed by atoms with Gasteiger partial charge in [0.1, 0.15) is 10.7 Å². The van der Waals surface area contributed by atoms with E-state index in [1.165, 1.54) is 23.6 Å². The number of nitrogens with one attached hydrogen (secondary N) is 1. The van der Waals surface area contributed by atoms with Crippen LogP contribution >= 0.6 is 11.3 Å². The highest BCUT2D eigenvalue weighted by Gasteiger charge is 2.20. The monoisotopic (exact) mass is 410 g/mol. The third-order valence-corrected chi connectivity index (χ3v) is 4.85. The average molecular weight is 410 g/mol. The molecule has 0 unspecified atom stereocenters. The largest absolute Gasteiger partial charge is 0.462 e. The van der Waals surface area contributed by atoms with Gasteiger partial charge < -0.3 is 14.8 Å². The molecule has 3 rings (SSSR count). The number of rotatable bonds is 7. The van der Waals surface area contributed by atoms with Gasteiger partial charge in [0.15, 0.2) is 6.61 Å². The highest BCUT2D eigenvalue weighted by Crippen LogP contribution is 2.35. The highest BCUT2D eigenvalue weighted by atomic mass is 32.1. The Morgan fingerprint density at radius 2 is 1.76 bits per heavy atom. The number of ether oxygens (including phenoxy) is 2. The maximum absolute atomic E-state index is 12.3. The van der Waals surface area contributed by atoms with Gasteiger partial charge in [-0.25, -0.2) is 14.6 Å². The normalized spacial score (nSPS) is 10.2. The molecule has 0 aliphatic carbocycles. The van der Waals surface area contributed by atoms with E-state index in [1.54, 1.807) is 25.1 Å². The van der Waals surface area contributed by atoms with Crippen molar-refractivity contribution in [1.82, 2.24) is 4.98 Å². The number of hydrogen-bond acceptors (Lipinski definition) is 7. The van der Waals surface area contributed by atoms with Crippen LogP contribution in [0.3, 0.4) is 0 Å². The molecule has 2 heterocycles. The molecule has 29 heavy (non-hydrogen) atoms. The molecule has 0 aliphatic heterocycles. The predicted octanol–water partition coefficient (Wildman–Crippen LogP) is 3.78. The maximum atomic E-state index is 12.3. The first kappa shape index (κ1) is 20.2. The van der Waals surface area contributed by atoms with Crippen LogP contribution in [0, 0.1) is 0 Å². The summed E-state index contributed by atoms with van der Waals surface area (Å²) in [7, 11) is 0. The van der Waals surface area contributed by atoms with Crippen LogP contribution in [-0.4, -0.2) is 36.0 Å². The van der Waals surface area contributed by atoms with Gasteiger partial charge in [0, 0.05) is 11.1 Å². The lowest BCUT2D eigenvalue weighted by molar-refractivity contribution is -0.119. The van der Waals surface area contributed by atoms with Gasteiger partial charge >= 0.3 is 11.9 Å². The number of nitrogens with zero attached hydrogens (tertiary/aromatic N) is 1. The summed E-state index contributed by atoms with van der Waals surface area (Å²) in [5.74, 6) is -1.81. The van der Waals surface area contributed by atoms with Crippen LogP contribution in [0.25, 0.3) is 10.4 Å². The number of esters is 2. The van der Waals surface area contributed by atoms with Gasteiger partial charge in [0.2, 0.25) is 0 Å². The van der Waals surface area contributed by atoms with Crippen molar-refractivity contribution in [1.29, 1.82) is 0 Å². The van der Waals surface area contributed by atoms with E-state index in [1.807, 2.05) is 30.3 Å². The number of carbonyl (C=O) groups is 3. The molecular weight excluding hydrogens is 392 g/mol. The summed E-state index contributed by atoms with van der Waals surface area (Å²) in [6, 6.07) is 15.9. The van der Waals surface area contributed by atoms with E-state index in [0.29, 0.717) is 5.00 Å². The van der Waals surface area contributed by atoms with E-state index in [0.717, 1.165) is 10.4 Å². The van der Waals surface area contributed by atoms with Gasteiger partial charge in [0.25, 0.3) is 5.91 Å². The summed E-state index contributed by atoms with van der Waals surface area (Å²) in [4.78, 5) is 41.1. The van der Waals surface area contributed by atoms with Crippen molar-refractivity contribution in [3.63, 3.8) is 0 Å². The lowest BCUT2D eigenvalue weighted by atomic mass is 10.1. The molecule has 0 bridgehead atoms.